The van der Waals surface area contributed by atoms with Gasteiger partial charge in [0.15, 0.2) is 0 Å². The number of aryl methyl sites for hydroxylation is 1. The lowest BCUT2D eigenvalue weighted by atomic mass is 9.97. The van der Waals surface area contributed by atoms with Crippen molar-refractivity contribution in [3.05, 3.63) is 29.8 Å². The molecule has 27 heavy (non-hydrogen) atoms. The molecule has 2 fully saturated rings. The van der Waals surface area contributed by atoms with Crippen LogP contribution in [0.1, 0.15) is 44.1 Å². The minimum atomic E-state index is -0.673. The van der Waals surface area contributed by atoms with Crippen molar-refractivity contribution in [2.45, 2.75) is 50.5 Å². The van der Waals surface area contributed by atoms with Crippen LogP contribution in [0.3, 0.4) is 0 Å². The molecule has 1 heterocycles. The number of hydrogen-bond acceptors (Lipinski definition) is 4. The van der Waals surface area contributed by atoms with Gasteiger partial charge in [0.25, 0.3) is 0 Å². The quantitative estimate of drug-likeness (QED) is 0.856. The van der Waals surface area contributed by atoms with E-state index in [0.29, 0.717) is 39.0 Å². The first-order chi connectivity index (χ1) is 13.0. The summed E-state index contributed by atoms with van der Waals surface area (Å²) in [7, 11) is 1.64. The van der Waals surface area contributed by atoms with Crippen LogP contribution in [-0.4, -0.2) is 60.4 Å². The van der Waals surface area contributed by atoms with Crippen molar-refractivity contribution in [3.8, 4) is 5.75 Å². The van der Waals surface area contributed by atoms with Gasteiger partial charge in [0, 0.05) is 32.6 Å². The Morgan fingerprint density at radius 2 is 1.63 bits per heavy atom. The molecule has 0 radical (unpaired) electrons. The van der Waals surface area contributed by atoms with Gasteiger partial charge in [-0.2, -0.15) is 0 Å². The van der Waals surface area contributed by atoms with Crippen molar-refractivity contribution in [2.75, 3.05) is 33.3 Å². The maximum Gasteiger partial charge on any atom is 0.242 e. The Morgan fingerprint density at radius 3 is 2.30 bits per heavy atom. The predicted octanol–water partition coefficient (Wildman–Crippen LogP) is 1.96. The van der Waals surface area contributed by atoms with Gasteiger partial charge in [0.2, 0.25) is 11.8 Å². The summed E-state index contributed by atoms with van der Waals surface area (Å²) >= 11 is 0. The zero-order chi connectivity index (χ0) is 19.3. The summed E-state index contributed by atoms with van der Waals surface area (Å²) in [6.45, 7) is 2.60. The van der Waals surface area contributed by atoms with E-state index < -0.39 is 5.54 Å². The molecule has 0 aromatic heterocycles. The third-order valence-electron chi connectivity index (χ3n) is 5.84. The van der Waals surface area contributed by atoms with E-state index in [1.54, 1.807) is 7.11 Å². The summed E-state index contributed by atoms with van der Waals surface area (Å²) in [6, 6.07) is 7.83. The molecule has 2 N–H and O–H groups in total. The Morgan fingerprint density at radius 1 is 1.00 bits per heavy atom. The van der Waals surface area contributed by atoms with E-state index in [0.717, 1.165) is 43.4 Å². The Kier molecular flexibility index (Phi) is 6.37. The van der Waals surface area contributed by atoms with Crippen LogP contribution in [0.15, 0.2) is 24.3 Å². The molecule has 1 aromatic carbocycles. The van der Waals surface area contributed by atoms with Crippen molar-refractivity contribution in [2.24, 2.45) is 5.73 Å². The Balaban J connectivity index is 1.49. The highest BCUT2D eigenvalue weighted by Crippen LogP contribution is 2.29. The van der Waals surface area contributed by atoms with Crippen LogP contribution in [0.4, 0.5) is 0 Å². The Bertz CT molecular complexity index is 653. The number of nitrogens with two attached hydrogens (primary N) is 1. The summed E-state index contributed by atoms with van der Waals surface area (Å²) in [5.41, 5.74) is 6.78. The number of methoxy groups -OCH3 is 1. The Hall–Kier alpha value is -2.08. The molecule has 1 aromatic rings. The Labute approximate surface area is 161 Å². The molecule has 6 heteroatoms. The van der Waals surface area contributed by atoms with E-state index in [2.05, 4.69) is 0 Å². The van der Waals surface area contributed by atoms with Gasteiger partial charge in [0.05, 0.1) is 12.6 Å². The predicted molar refractivity (Wildman–Crippen MR) is 104 cm³/mol. The minimum Gasteiger partial charge on any atom is -0.497 e. The highest BCUT2D eigenvalue weighted by atomic mass is 16.5. The third kappa shape index (κ3) is 4.80. The number of carbonyl (C=O) groups is 2. The maximum atomic E-state index is 12.8. The van der Waals surface area contributed by atoms with Crippen LogP contribution in [0.2, 0.25) is 0 Å². The number of benzene rings is 1. The van der Waals surface area contributed by atoms with E-state index in [9.17, 15) is 9.59 Å². The molecule has 3 rings (SSSR count). The van der Waals surface area contributed by atoms with Crippen LogP contribution in [0, 0.1) is 0 Å². The number of hydrogen-bond donors (Lipinski definition) is 1. The molecule has 1 aliphatic heterocycles. The summed E-state index contributed by atoms with van der Waals surface area (Å²) in [4.78, 5) is 29.2. The highest BCUT2D eigenvalue weighted by Gasteiger charge is 2.40. The lowest BCUT2D eigenvalue weighted by molar-refractivity contribution is -0.137. The van der Waals surface area contributed by atoms with Crippen LogP contribution in [-0.2, 0) is 16.0 Å². The lowest BCUT2D eigenvalue weighted by Gasteiger charge is -2.30. The normalized spacial score (nSPS) is 19.6. The van der Waals surface area contributed by atoms with E-state index in [-0.39, 0.29) is 11.8 Å². The van der Waals surface area contributed by atoms with E-state index in [1.165, 1.54) is 0 Å². The molecule has 1 saturated carbocycles. The average molecular weight is 373 g/mol. The number of nitrogens with zero attached hydrogens (tertiary/aromatic N) is 2. The van der Waals surface area contributed by atoms with Crippen molar-refractivity contribution in [3.63, 3.8) is 0 Å². The zero-order valence-electron chi connectivity index (χ0n) is 16.3. The van der Waals surface area contributed by atoms with Crippen molar-refractivity contribution in [1.82, 2.24) is 9.80 Å². The number of rotatable bonds is 5. The SMILES string of the molecule is COc1ccc(CCC(=O)N2CCCN(C(=O)C3(N)CCCC3)CC2)cc1. The van der Waals surface area contributed by atoms with Gasteiger partial charge < -0.3 is 20.3 Å². The summed E-state index contributed by atoms with van der Waals surface area (Å²) < 4.78 is 5.16. The zero-order valence-corrected chi connectivity index (χ0v) is 16.3. The minimum absolute atomic E-state index is 0.0764. The monoisotopic (exact) mass is 373 g/mol. The average Bonchev–Trinajstić information content (AvgIpc) is 3.00. The number of ether oxygens (including phenoxy) is 1. The van der Waals surface area contributed by atoms with Crippen LogP contribution in [0.5, 0.6) is 5.75 Å². The van der Waals surface area contributed by atoms with Crippen molar-refractivity contribution in [1.29, 1.82) is 0 Å². The molecule has 0 atom stereocenters. The molecule has 0 unspecified atom stereocenters. The second-order valence-electron chi connectivity index (χ2n) is 7.74. The van der Waals surface area contributed by atoms with E-state index in [1.807, 2.05) is 34.1 Å². The molecule has 0 bridgehead atoms. The van der Waals surface area contributed by atoms with Crippen LogP contribution >= 0.6 is 0 Å². The fraction of sp³-hybridized carbons (Fsp3) is 0.619. The van der Waals surface area contributed by atoms with Gasteiger partial charge in [-0.15, -0.1) is 0 Å². The largest absolute Gasteiger partial charge is 0.497 e. The summed E-state index contributed by atoms with van der Waals surface area (Å²) in [6.07, 6.45) is 5.66. The van der Waals surface area contributed by atoms with E-state index in [4.69, 9.17) is 10.5 Å². The van der Waals surface area contributed by atoms with E-state index >= 15 is 0 Å². The fourth-order valence-corrected chi connectivity index (χ4v) is 4.11. The smallest absolute Gasteiger partial charge is 0.242 e. The van der Waals surface area contributed by atoms with Gasteiger partial charge in [-0.05, 0) is 43.4 Å². The van der Waals surface area contributed by atoms with Gasteiger partial charge in [-0.3, -0.25) is 9.59 Å². The standard InChI is InChI=1S/C21H31N3O3/c1-27-18-8-5-17(6-9-18)7-10-19(25)23-13-4-14-24(16-15-23)20(26)21(22)11-2-3-12-21/h5-6,8-9H,2-4,7,10-16,22H2,1H3. The molecule has 0 spiro atoms. The molecule has 2 aliphatic rings. The summed E-state index contributed by atoms with van der Waals surface area (Å²) in [5, 5.41) is 0. The first-order valence-corrected chi connectivity index (χ1v) is 10.0. The van der Waals surface area contributed by atoms with Gasteiger partial charge in [-0.1, -0.05) is 25.0 Å². The van der Waals surface area contributed by atoms with Gasteiger partial charge >= 0.3 is 0 Å². The number of carbonyl (C=O) groups excluding carboxylic acids is 2. The first-order valence-electron chi connectivity index (χ1n) is 10.0. The van der Waals surface area contributed by atoms with Crippen LogP contribution < -0.4 is 10.5 Å². The van der Waals surface area contributed by atoms with Gasteiger partial charge in [-0.25, -0.2) is 0 Å². The third-order valence-corrected chi connectivity index (χ3v) is 5.84. The van der Waals surface area contributed by atoms with Crippen LogP contribution in [0.25, 0.3) is 0 Å². The highest BCUT2D eigenvalue weighted by molar-refractivity contribution is 5.86. The molecular formula is C21H31N3O3. The second kappa shape index (κ2) is 8.74. The maximum absolute atomic E-state index is 12.8. The molecule has 1 saturated heterocycles. The van der Waals surface area contributed by atoms with Gasteiger partial charge in [0.1, 0.15) is 5.75 Å². The van der Waals surface area contributed by atoms with Crippen molar-refractivity contribution >= 4 is 11.8 Å². The molecule has 148 valence electrons. The van der Waals surface area contributed by atoms with Crippen molar-refractivity contribution < 1.29 is 14.3 Å². The number of amides is 2. The first kappa shape index (κ1) is 19.7. The molecule has 6 nitrogen and oxygen atoms in total. The second-order valence-corrected chi connectivity index (χ2v) is 7.74. The molecule has 1 aliphatic carbocycles. The molecular weight excluding hydrogens is 342 g/mol. The fourth-order valence-electron chi connectivity index (χ4n) is 4.11. The topological polar surface area (TPSA) is 75.9 Å². The molecule has 2 amide bonds. The lowest BCUT2D eigenvalue weighted by Crippen LogP contribution is -2.54. The summed E-state index contributed by atoms with van der Waals surface area (Å²) in [5.74, 6) is 1.05.